The molecule has 0 radical (unpaired) electrons. The van der Waals surface area contributed by atoms with Crippen molar-refractivity contribution in [3.05, 3.63) is 41.2 Å². The van der Waals surface area contributed by atoms with Gasteiger partial charge in [0, 0.05) is 12.1 Å². The first kappa shape index (κ1) is 11.5. The number of hydrogen-bond donors (Lipinski definition) is 1. The molecule has 3 nitrogen and oxygen atoms in total. The van der Waals surface area contributed by atoms with Gasteiger partial charge in [-0.2, -0.15) is 0 Å². The van der Waals surface area contributed by atoms with Crippen LogP contribution < -0.4 is 4.74 Å². The molecule has 0 aliphatic heterocycles. The molecule has 0 unspecified atom stereocenters. The van der Waals surface area contributed by atoms with E-state index >= 15 is 0 Å². The van der Waals surface area contributed by atoms with Crippen LogP contribution in [0.4, 0.5) is 4.39 Å². The molecule has 15 heavy (non-hydrogen) atoms. The van der Waals surface area contributed by atoms with Crippen LogP contribution in [0.2, 0.25) is 5.02 Å². The second-order valence-corrected chi connectivity index (χ2v) is 3.03. The van der Waals surface area contributed by atoms with Crippen LogP contribution in [0.15, 0.2) is 30.4 Å². The lowest BCUT2D eigenvalue weighted by Gasteiger charge is -2.03. The predicted octanol–water partition coefficient (Wildman–Crippen LogP) is 2.50. The third kappa shape index (κ3) is 3.99. The molecule has 0 aromatic heterocycles. The van der Waals surface area contributed by atoms with Gasteiger partial charge in [-0.05, 0) is 18.2 Å². The highest BCUT2D eigenvalue weighted by molar-refractivity contribution is 6.30. The summed E-state index contributed by atoms with van der Waals surface area (Å²) in [6.45, 7) is 0.0629. The van der Waals surface area contributed by atoms with Gasteiger partial charge >= 0.3 is 5.97 Å². The Balaban J connectivity index is 2.51. The fraction of sp³-hybridized carbons (Fsp3) is 0.100. The van der Waals surface area contributed by atoms with Gasteiger partial charge in [-0.1, -0.05) is 11.6 Å². The molecule has 0 bridgehead atoms. The fourth-order valence-electron chi connectivity index (χ4n) is 0.860. The van der Waals surface area contributed by atoms with E-state index in [0.717, 1.165) is 12.1 Å². The standard InChI is InChI=1S/C10H8ClFO3/c11-8-4-3-7(6-9(8)12)15-5-1-2-10(13)14/h1-4,6H,5H2,(H,13,14)/b2-1+. The van der Waals surface area contributed by atoms with Crippen LogP contribution in [0.5, 0.6) is 5.75 Å². The van der Waals surface area contributed by atoms with Crippen LogP contribution in [0.25, 0.3) is 0 Å². The summed E-state index contributed by atoms with van der Waals surface area (Å²) in [6, 6.07) is 4.00. The second-order valence-electron chi connectivity index (χ2n) is 2.63. The number of rotatable bonds is 4. The van der Waals surface area contributed by atoms with Gasteiger partial charge in [0.15, 0.2) is 0 Å². The smallest absolute Gasteiger partial charge is 0.328 e. The van der Waals surface area contributed by atoms with E-state index in [4.69, 9.17) is 21.4 Å². The summed E-state index contributed by atoms with van der Waals surface area (Å²) in [5.74, 6) is -1.33. The minimum absolute atomic E-state index is 0.0171. The molecule has 0 spiro atoms. The maximum atomic E-state index is 12.9. The number of aliphatic carboxylic acids is 1. The van der Waals surface area contributed by atoms with Crippen molar-refractivity contribution in [1.29, 1.82) is 0 Å². The van der Waals surface area contributed by atoms with E-state index in [1.54, 1.807) is 0 Å². The van der Waals surface area contributed by atoms with Crippen molar-refractivity contribution in [3.63, 3.8) is 0 Å². The molecular formula is C10H8ClFO3. The largest absolute Gasteiger partial charge is 0.489 e. The third-order valence-electron chi connectivity index (χ3n) is 1.50. The van der Waals surface area contributed by atoms with Gasteiger partial charge in [0.1, 0.15) is 18.2 Å². The molecule has 0 saturated carbocycles. The zero-order valence-corrected chi connectivity index (χ0v) is 8.37. The van der Waals surface area contributed by atoms with Gasteiger partial charge in [0.05, 0.1) is 5.02 Å². The van der Waals surface area contributed by atoms with Crippen LogP contribution in [0, 0.1) is 5.82 Å². The average molecular weight is 231 g/mol. The molecule has 80 valence electrons. The lowest BCUT2D eigenvalue weighted by Crippen LogP contribution is -1.96. The highest BCUT2D eigenvalue weighted by atomic mass is 35.5. The first-order valence-corrected chi connectivity index (χ1v) is 4.44. The topological polar surface area (TPSA) is 46.5 Å². The Morgan fingerprint density at radius 2 is 2.33 bits per heavy atom. The van der Waals surface area contributed by atoms with Gasteiger partial charge in [-0.25, -0.2) is 9.18 Å². The van der Waals surface area contributed by atoms with E-state index in [-0.39, 0.29) is 11.6 Å². The minimum Gasteiger partial charge on any atom is -0.489 e. The van der Waals surface area contributed by atoms with Crippen LogP contribution in [-0.4, -0.2) is 17.7 Å². The summed E-state index contributed by atoms with van der Waals surface area (Å²) in [6.07, 6.45) is 2.27. The number of carbonyl (C=O) groups is 1. The summed E-state index contributed by atoms with van der Waals surface area (Å²) in [5, 5.41) is 8.29. The number of carboxylic acid groups (broad SMARTS) is 1. The second kappa shape index (κ2) is 5.36. The Morgan fingerprint density at radius 3 is 2.93 bits per heavy atom. The maximum absolute atomic E-state index is 12.9. The summed E-state index contributed by atoms with van der Waals surface area (Å²) in [5.41, 5.74) is 0. The lowest BCUT2D eigenvalue weighted by molar-refractivity contribution is -0.131. The van der Waals surface area contributed by atoms with Gasteiger partial charge in [0.25, 0.3) is 0 Å². The number of halogens is 2. The van der Waals surface area contributed by atoms with Gasteiger partial charge in [-0.15, -0.1) is 0 Å². The van der Waals surface area contributed by atoms with Crippen LogP contribution in [0.3, 0.4) is 0 Å². The average Bonchev–Trinajstić information content (AvgIpc) is 2.18. The van der Waals surface area contributed by atoms with Crippen molar-refractivity contribution >= 4 is 17.6 Å². The van der Waals surface area contributed by atoms with Crippen LogP contribution in [0.1, 0.15) is 0 Å². The zero-order chi connectivity index (χ0) is 11.3. The molecule has 5 heteroatoms. The molecular weight excluding hydrogens is 223 g/mol. The Bertz CT molecular complexity index is 390. The third-order valence-corrected chi connectivity index (χ3v) is 1.80. The Morgan fingerprint density at radius 1 is 1.60 bits per heavy atom. The first-order chi connectivity index (χ1) is 7.09. The van der Waals surface area contributed by atoms with E-state index in [0.29, 0.717) is 5.75 Å². The zero-order valence-electron chi connectivity index (χ0n) is 7.61. The lowest BCUT2D eigenvalue weighted by atomic mass is 10.3. The van der Waals surface area contributed by atoms with E-state index in [1.807, 2.05) is 0 Å². The summed E-state index contributed by atoms with van der Waals surface area (Å²) in [4.78, 5) is 10.1. The Hall–Kier alpha value is -1.55. The maximum Gasteiger partial charge on any atom is 0.328 e. The summed E-state index contributed by atoms with van der Waals surface area (Å²) >= 11 is 5.46. The number of carboxylic acids is 1. The number of ether oxygens (including phenoxy) is 1. The monoisotopic (exact) mass is 230 g/mol. The van der Waals surface area contributed by atoms with E-state index in [2.05, 4.69) is 0 Å². The van der Waals surface area contributed by atoms with Gasteiger partial charge in [0.2, 0.25) is 0 Å². The Kier molecular flexibility index (Phi) is 4.12. The molecule has 0 aliphatic carbocycles. The molecule has 1 rings (SSSR count). The van der Waals surface area contributed by atoms with Crippen molar-refractivity contribution in [2.75, 3.05) is 6.61 Å². The van der Waals surface area contributed by atoms with Crippen molar-refractivity contribution in [1.82, 2.24) is 0 Å². The molecule has 1 aromatic carbocycles. The predicted molar refractivity (Wildman–Crippen MR) is 53.7 cm³/mol. The van der Waals surface area contributed by atoms with Crippen molar-refractivity contribution in [2.24, 2.45) is 0 Å². The van der Waals surface area contributed by atoms with Crippen LogP contribution in [-0.2, 0) is 4.79 Å². The molecule has 0 saturated heterocycles. The fourth-order valence-corrected chi connectivity index (χ4v) is 0.977. The first-order valence-electron chi connectivity index (χ1n) is 4.07. The molecule has 0 aliphatic rings. The number of hydrogen-bond acceptors (Lipinski definition) is 2. The highest BCUT2D eigenvalue weighted by Gasteiger charge is 2.00. The van der Waals surface area contributed by atoms with Crippen LogP contribution >= 0.6 is 11.6 Å². The van der Waals surface area contributed by atoms with Crippen molar-refractivity contribution in [3.8, 4) is 5.75 Å². The van der Waals surface area contributed by atoms with Crippen molar-refractivity contribution in [2.45, 2.75) is 0 Å². The molecule has 0 amide bonds. The molecule has 0 fully saturated rings. The van der Waals surface area contributed by atoms with E-state index < -0.39 is 11.8 Å². The molecule has 0 atom stereocenters. The molecule has 0 heterocycles. The van der Waals surface area contributed by atoms with Gasteiger partial charge in [-0.3, -0.25) is 0 Å². The quantitative estimate of drug-likeness (QED) is 0.809. The Labute approximate surface area is 90.7 Å². The normalized spacial score (nSPS) is 10.5. The summed E-state index contributed by atoms with van der Waals surface area (Å²) < 4.78 is 17.9. The molecule has 1 aromatic rings. The van der Waals surface area contributed by atoms with Gasteiger partial charge < -0.3 is 9.84 Å². The highest BCUT2D eigenvalue weighted by Crippen LogP contribution is 2.20. The van der Waals surface area contributed by atoms with E-state index in [1.165, 1.54) is 18.2 Å². The van der Waals surface area contributed by atoms with E-state index in [9.17, 15) is 9.18 Å². The summed E-state index contributed by atoms with van der Waals surface area (Å²) in [7, 11) is 0. The molecule has 1 N–H and O–H groups in total. The SMILES string of the molecule is O=C(O)/C=C/COc1ccc(Cl)c(F)c1. The minimum atomic E-state index is -1.05. The number of benzene rings is 1. The van der Waals surface area contributed by atoms with Crippen molar-refractivity contribution < 1.29 is 19.0 Å².